The fraction of sp³-hybridized carbons (Fsp3) is 0.200. The van der Waals surface area contributed by atoms with Gasteiger partial charge in [-0.15, -0.1) is 0 Å². The Morgan fingerprint density at radius 1 is 1.11 bits per heavy atom. The van der Waals surface area contributed by atoms with Gasteiger partial charge in [0.2, 0.25) is 0 Å². The lowest BCUT2D eigenvalue weighted by Crippen LogP contribution is -2.03. The number of aliphatic hydroxyl groups is 1. The largest absolute Gasteiger partial charge is 0.384 e. The minimum atomic E-state index is -0.799. The predicted molar refractivity (Wildman–Crippen MR) is 74.1 cm³/mol. The average Bonchev–Trinajstić information content (AvgIpc) is 2.26. The van der Waals surface area contributed by atoms with Crippen molar-refractivity contribution in [3.05, 3.63) is 68.9 Å². The van der Waals surface area contributed by atoms with Crippen LogP contribution in [0.15, 0.2) is 40.9 Å². The van der Waals surface area contributed by atoms with Crippen molar-refractivity contribution in [3.8, 4) is 0 Å². The SMILES string of the molecule is Cc1cc(F)cc(C(O)c2ccc(Br)cc2C)c1. The van der Waals surface area contributed by atoms with E-state index in [1.165, 1.54) is 12.1 Å². The van der Waals surface area contributed by atoms with Crippen molar-refractivity contribution >= 4 is 15.9 Å². The summed E-state index contributed by atoms with van der Waals surface area (Å²) in [5.41, 5.74) is 3.15. The van der Waals surface area contributed by atoms with Crippen LogP contribution >= 0.6 is 15.9 Å². The Morgan fingerprint density at radius 3 is 2.44 bits per heavy atom. The van der Waals surface area contributed by atoms with Crippen LogP contribution in [0.5, 0.6) is 0 Å². The highest BCUT2D eigenvalue weighted by Crippen LogP contribution is 2.27. The number of rotatable bonds is 2. The van der Waals surface area contributed by atoms with Crippen LogP contribution in [-0.2, 0) is 0 Å². The molecule has 0 heterocycles. The molecule has 0 saturated heterocycles. The van der Waals surface area contributed by atoms with Gasteiger partial charge < -0.3 is 5.11 Å². The third-order valence-corrected chi connectivity index (χ3v) is 3.40. The third kappa shape index (κ3) is 2.79. The van der Waals surface area contributed by atoms with Gasteiger partial charge in [-0.2, -0.15) is 0 Å². The Hall–Kier alpha value is -1.19. The van der Waals surface area contributed by atoms with E-state index in [0.717, 1.165) is 21.2 Å². The van der Waals surface area contributed by atoms with Crippen molar-refractivity contribution in [2.75, 3.05) is 0 Å². The molecular weight excluding hydrogens is 295 g/mol. The molecule has 2 aromatic carbocycles. The Bertz CT molecular complexity index is 560. The van der Waals surface area contributed by atoms with E-state index in [4.69, 9.17) is 0 Å². The lowest BCUT2D eigenvalue weighted by Gasteiger charge is -2.15. The quantitative estimate of drug-likeness (QED) is 0.877. The molecule has 2 aromatic rings. The first kappa shape index (κ1) is 13.2. The van der Waals surface area contributed by atoms with E-state index >= 15 is 0 Å². The standard InChI is InChI=1S/C15H14BrFO/c1-9-5-11(8-13(17)6-9)15(18)14-4-3-12(16)7-10(14)2/h3-8,15,18H,1-2H3. The van der Waals surface area contributed by atoms with Gasteiger partial charge in [-0.05, 0) is 60.4 Å². The van der Waals surface area contributed by atoms with E-state index in [1.807, 2.05) is 32.0 Å². The van der Waals surface area contributed by atoms with E-state index in [0.29, 0.717) is 5.56 Å². The molecule has 3 heteroatoms. The maximum atomic E-state index is 13.4. The van der Waals surface area contributed by atoms with Crippen LogP contribution in [0.1, 0.15) is 28.4 Å². The highest BCUT2D eigenvalue weighted by Gasteiger charge is 2.14. The number of benzene rings is 2. The van der Waals surface area contributed by atoms with E-state index in [2.05, 4.69) is 15.9 Å². The molecule has 0 aliphatic carbocycles. The fourth-order valence-corrected chi connectivity index (χ4v) is 2.52. The summed E-state index contributed by atoms with van der Waals surface area (Å²) in [6.07, 6.45) is -0.799. The first-order valence-corrected chi connectivity index (χ1v) is 6.48. The summed E-state index contributed by atoms with van der Waals surface area (Å²) in [7, 11) is 0. The summed E-state index contributed by atoms with van der Waals surface area (Å²) in [4.78, 5) is 0. The summed E-state index contributed by atoms with van der Waals surface area (Å²) >= 11 is 3.38. The van der Waals surface area contributed by atoms with E-state index in [9.17, 15) is 9.50 Å². The Kier molecular flexibility index (Phi) is 3.83. The molecule has 0 saturated carbocycles. The molecular formula is C15H14BrFO. The van der Waals surface area contributed by atoms with Gasteiger partial charge in [0.15, 0.2) is 0 Å². The number of hydrogen-bond acceptors (Lipinski definition) is 1. The second-order valence-electron chi connectivity index (χ2n) is 4.47. The third-order valence-electron chi connectivity index (χ3n) is 2.91. The van der Waals surface area contributed by atoms with Crippen LogP contribution in [0, 0.1) is 19.7 Å². The molecule has 18 heavy (non-hydrogen) atoms. The zero-order valence-electron chi connectivity index (χ0n) is 10.2. The van der Waals surface area contributed by atoms with E-state index in [-0.39, 0.29) is 5.82 Å². The topological polar surface area (TPSA) is 20.2 Å². The van der Waals surface area contributed by atoms with Crippen molar-refractivity contribution in [1.29, 1.82) is 0 Å². The zero-order chi connectivity index (χ0) is 13.3. The van der Waals surface area contributed by atoms with Gasteiger partial charge >= 0.3 is 0 Å². The Balaban J connectivity index is 2.44. The van der Waals surface area contributed by atoms with Gasteiger partial charge in [0, 0.05) is 4.47 Å². The second kappa shape index (κ2) is 5.21. The van der Waals surface area contributed by atoms with Gasteiger partial charge in [0.1, 0.15) is 11.9 Å². The molecule has 0 aliphatic heterocycles. The zero-order valence-corrected chi connectivity index (χ0v) is 11.8. The van der Waals surface area contributed by atoms with Crippen molar-refractivity contribution in [2.24, 2.45) is 0 Å². The van der Waals surface area contributed by atoms with Gasteiger partial charge in [0.05, 0.1) is 0 Å². The highest BCUT2D eigenvalue weighted by molar-refractivity contribution is 9.10. The summed E-state index contributed by atoms with van der Waals surface area (Å²) in [6, 6.07) is 10.3. The van der Waals surface area contributed by atoms with Gasteiger partial charge in [-0.25, -0.2) is 4.39 Å². The molecule has 0 radical (unpaired) electrons. The lowest BCUT2D eigenvalue weighted by molar-refractivity contribution is 0.219. The van der Waals surface area contributed by atoms with Gasteiger partial charge in [-0.1, -0.05) is 28.1 Å². The molecule has 1 unspecified atom stereocenters. The van der Waals surface area contributed by atoms with Crippen molar-refractivity contribution < 1.29 is 9.50 Å². The molecule has 1 nitrogen and oxygen atoms in total. The van der Waals surface area contributed by atoms with Gasteiger partial charge in [-0.3, -0.25) is 0 Å². The Labute approximate surface area is 114 Å². The molecule has 0 aliphatic rings. The summed E-state index contributed by atoms with van der Waals surface area (Å²) in [6.45, 7) is 3.74. The van der Waals surface area contributed by atoms with E-state index in [1.54, 1.807) is 6.07 Å². The van der Waals surface area contributed by atoms with Crippen LogP contribution in [0.2, 0.25) is 0 Å². The maximum Gasteiger partial charge on any atom is 0.123 e. The number of halogens is 2. The van der Waals surface area contributed by atoms with Crippen LogP contribution in [-0.4, -0.2) is 5.11 Å². The first-order valence-electron chi connectivity index (χ1n) is 5.68. The molecule has 94 valence electrons. The molecule has 0 aromatic heterocycles. The monoisotopic (exact) mass is 308 g/mol. The highest BCUT2D eigenvalue weighted by atomic mass is 79.9. The molecule has 0 spiro atoms. The molecule has 0 fully saturated rings. The van der Waals surface area contributed by atoms with Gasteiger partial charge in [0.25, 0.3) is 0 Å². The molecule has 0 bridgehead atoms. The van der Waals surface area contributed by atoms with Crippen molar-refractivity contribution in [3.63, 3.8) is 0 Å². The first-order chi connectivity index (χ1) is 8.47. The lowest BCUT2D eigenvalue weighted by atomic mass is 9.96. The average molecular weight is 309 g/mol. The number of aliphatic hydroxyl groups excluding tert-OH is 1. The predicted octanol–water partition coefficient (Wildman–Crippen LogP) is 4.29. The van der Waals surface area contributed by atoms with Crippen LogP contribution in [0.4, 0.5) is 4.39 Å². The summed E-state index contributed by atoms with van der Waals surface area (Å²) < 4.78 is 14.3. The van der Waals surface area contributed by atoms with Crippen molar-refractivity contribution in [2.45, 2.75) is 20.0 Å². The van der Waals surface area contributed by atoms with Crippen LogP contribution in [0.25, 0.3) is 0 Å². The second-order valence-corrected chi connectivity index (χ2v) is 5.38. The van der Waals surface area contributed by atoms with Crippen LogP contribution < -0.4 is 0 Å². The molecule has 0 amide bonds. The minimum Gasteiger partial charge on any atom is -0.384 e. The smallest absolute Gasteiger partial charge is 0.123 e. The molecule has 1 N–H and O–H groups in total. The van der Waals surface area contributed by atoms with Crippen LogP contribution in [0.3, 0.4) is 0 Å². The Morgan fingerprint density at radius 2 is 1.83 bits per heavy atom. The summed E-state index contributed by atoms with van der Waals surface area (Å²) in [5, 5.41) is 10.3. The number of hydrogen-bond donors (Lipinski definition) is 1. The molecule has 1 atom stereocenters. The van der Waals surface area contributed by atoms with Crippen molar-refractivity contribution in [1.82, 2.24) is 0 Å². The minimum absolute atomic E-state index is 0.321. The molecule has 2 rings (SSSR count). The maximum absolute atomic E-state index is 13.4. The summed E-state index contributed by atoms with van der Waals surface area (Å²) in [5.74, 6) is -0.321. The fourth-order valence-electron chi connectivity index (χ4n) is 2.05. The van der Waals surface area contributed by atoms with E-state index < -0.39 is 6.10 Å². The number of aryl methyl sites for hydroxylation is 2. The normalized spacial score (nSPS) is 12.5.